The Morgan fingerprint density at radius 1 is 1.32 bits per heavy atom. The Hall–Kier alpha value is -1.26. The lowest BCUT2D eigenvalue weighted by atomic mass is 9.90. The maximum Gasteiger partial charge on any atom is 0.206 e. The van der Waals surface area contributed by atoms with E-state index >= 15 is 0 Å². The third kappa shape index (κ3) is 2.85. The van der Waals surface area contributed by atoms with Crippen LogP contribution in [0.15, 0.2) is 18.2 Å². The van der Waals surface area contributed by atoms with Crippen LogP contribution in [0.5, 0.6) is 0 Å². The summed E-state index contributed by atoms with van der Waals surface area (Å²) < 4.78 is 3.91. The van der Waals surface area contributed by atoms with Gasteiger partial charge in [-0.05, 0) is 30.1 Å². The second-order valence-corrected chi connectivity index (χ2v) is 6.66. The number of nitrogens with zero attached hydrogens (tertiary/aromatic N) is 2. The van der Waals surface area contributed by atoms with Gasteiger partial charge in [-0.3, -0.25) is 4.79 Å². The van der Waals surface area contributed by atoms with E-state index < -0.39 is 0 Å². The lowest BCUT2D eigenvalue weighted by molar-refractivity contribution is 0.104. The molecule has 0 fully saturated rings. The quantitative estimate of drug-likeness (QED) is 0.785. The van der Waals surface area contributed by atoms with Crippen molar-refractivity contribution >= 4 is 28.9 Å². The predicted molar refractivity (Wildman–Crippen MR) is 78.2 cm³/mol. The van der Waals surface area contributed by atoms with Crippen molar-refractivity contribution < 1.29 is 4.79 Å². The minimum atomic E-state index is -0.202. The van der Waals surface area contributed by atoms with Crippen molar-refractivity contribution in [1.82, 2.24) is 9.59 Å². The Morgan fingerprint density at radius 3 is 2.58 bits per heavy atom. The van der Waals surface area contributed by atoms with Crippen LogP contribution in [0, 0.1) is 6.92 Å². The topological polar surface area (TPSA) is 42.9 Å². The fraction of sp³-hybridized carbons (Fsp3) is 0.357. The van der Waals surface area contributed by atoms with Crippen LogP contribution in [0.25, 0.3) is 0 Å². The van der Waals surface area contributed by atoms with Gasteiger partial charge < -0.3 is 0 Å². The number of aromatic nitrogens is 2. The largest absolute Gasteiger partial charge is 0.288 e. The van der Waals surface area contributed by atoms with E-state index in [1.807, 2.05) is 33.8 Å². The summed E-state index contributed by atoms with van der Waals surface area (Å²) in [5, 5.41) is 4.69. The predicted octanol–water partition coefficient (Wildman–Crippen LogP) is 4.03. The summed E-state index contributed by atoms with van der Waals surface area (Å²) in [6, 6.07) is 5.34. The van der Waals surface area contributed by atoms with Crippen LogP contribution in [-0.2, 0) is 5.41 Å². The van der Waals surface area contributed by atoms with Crippen molar-refractivity contribution in [3.63, 3.8) is 0 Å². The van der Waals surface area contributed by atoms with Crippen LogP contribution in [-0.4, -0.2) is 15.4 Å². The molecular formula is C14H15ClN2OS. The molecule has 3 nitrogen and oxygen atoms in total. The van der Waals surface area contributed by atoms with E-state index in [-0.39, 0.29) is 11.2 Å². The van der Waals surface area contributed by atoms with Gasteiger partial charge in [0.2, 0.25) is 5.78 Å². The average molecular weight is 295 g/mol. The Morgan fingerprint density at radius 2 is 2.00 bits per heavy atom. The van der Waals surface area contributed by atoms with Gasteiger partial charge in [-0.15, -0.1) is 5.10 Å². The van der Waals surface area contributed by atoms with Crippen molar-refractivity contribution in [1.29, 1.82) is 0 Å². The molecule has 2 rings (SSSR count). The smallest absolute Gasteiger partial charge is 0.206 e. The molecule has 1 aromatic heterocycles. The van der Waals surface area contributed by atoms with E-state index in [1.54, 1.807) is 12.1 Å². The number of benzene rings is 1. The summed E-state index contributed by atoms with van der Waals surface area (Å²) in [7, 11) is 0. The zero-order valence-electron chi connectivity index (χ0n) is 11.3. The molecule has 1 heterocycles. The molecule has 0 atom stereocenters. The van der Waals surface area contributed by atoms with Crippen molar-refractivity contribution in [3.05, 3.63) is 44.9 Å². The lowest BCUT2D eigenvalue weighted by Crippen LogP contribution is -2.16. The van der Waals surface area contributed by atoms with Crippen LogP contribution >= 0.6 is 23.1 Å². The number of carbonyl (C=O) groups is 1. The summed E-state index contributed by atoms with van der Waals surface area (Å²) in [4.78, 5) is 13.1. The fourth-order valence-corrected chi connectivity index (χ4v) is 2.71. The molecule has 0 unspecified atom stereocenters. The van der Waals surface area contributed by atoms with E-state index in [2.05, 4.69) is 9.59 Å². The monoisotopic (exact) mass is 294 g/mol. The van der Waals surface area contributed by atoms with Crippen LogP contribution in [0.1, 0.15) is 47.3 Å². The first-order valence-corrected chi connectivity index (χ1v) is 7.09. The van der Waals surface area contributed by atoms with Crippen LogP contribution in [0.3, 0.4) is 0 Å². The van der Waals surface area contributed by atoms with Gasteiger partial charge >= 0.3 is 0 Å². The van der Waals surface area contributed by atoms with Crippen LogP contribution < -0.4 is 0 Å². The van der Waals surface area contributed by atoms with Crippen molar-refractivity contribution in [3.8, 4) is 0 Å². The van der Waals surface area contributed by atoms with Crippen LogP contribution in [0.2, 0.25) is 5.02 Å². The van der Waals surface area contributed by atoms with Crippen molar-refractivity contribution in [2.75, 3.05) is 0 Å². The molecule has 0 bridgehead atoms. The normalized spacial score (nSPS) is 11.6. The molecule has 0 aliphatic rings. The highest BCUT2D eigenvalue weighted by atomic mass is 35.5. The van der Waals surface area contributed by atoms with Gasteiger partial charge in [-0.2, -0.15) is 0 Å². The molecule has 0 N–H and O–H groups in total. The zero-order chi connectivity index (χ0) is 14.2. The molecule has 0 radical (unpaired) electrons. The van der Waals surface area contributed by atoms with E-state index in [1.165, 1.54) is 0 Å². The molecule has 19 heavy (non-hydrogen) atoms. The van der Waals surface area contributed by atoms with E-state index in [4.69, 9.17) is 11.6 Å². The second kappa shape index (κ2) is 5.02. The summed E-state index contributed by atoms with van der Waals surface area (Å²) in [6.45, 7) is 7.96. The van der Waals surface area contributed by atoms with Gasteiger partial charge in [0.25, 0.3) is 0 Å². The molecule has 0 amide bonds. The molecule has 1 aromatic carbocycles. The molecule has 5 heteroatoms. The van der Waals surface area contributed by atoms with Gasteiger partial charge in [0, 0.05) is 16.0 Å². The number of rotatable bonds is 2. The Bertz CT molecular complexity index is 629. The molecule has 2 aromatic rings. The van der Waals surface area contributed by atoms with E-state index in [9.17, 15) is 4.79 Å². The molecule has 0 aliphatic carbocycles. The first-order valence-electron chi connectivity index (χ1n) is 5.94. The molecular weight excluding hydrogens is 280 g/mol. The van der Waals surface area contributed by atoms with Crippen molar-refractivity contribution in [2.45, 2.75) is 33.1 Å². The van der Waals surface area contributed by atoms with E-state index in [0.717, 1.165) is 22.8 Å². The second-order valence-electron chi connectivity index (χ2n) is 5.49. The van der Waals surface area contributed by atoms with Crippen molar-refractivity contribution in [2.24, 2.45) is 0 Å². The van der Waals surface area contributed by atoms with E-state index in [0.29, 0.717) is 15.5 Å². The standard InChI is InChI=1S/C14H15ClN2OS/c1-8-5-6-9(7-10(8)15)11(18)12-13(14(2,3)4)16-17-19-12/h5-7H,1-4H3. The maximum absolute atomic E-state index is 12.5. The fourth-order valence-electron chi connectivity index (χ4n) is 1.70. The van der Waals surface area contributed by atoms with Crippen LogP contribution in [0.4, 0.5) is 0 Å². The summed E-state index contributed by atoms with van der Waals surface area (Å²) >= 11 is 7.20. The first-order chi connectivity index (χ1) is 8.80. The number of aryl methyl sites for hydroxylation is 1. The molecule has 0 saturated carbocycles. The number of halogens is 1. The Balaban J connectivity index is 2.45. The maximum atomic E-state index is 12.5. The third-order valence-electron chi connectivity index (χ3n) is 2.84. The number of carbonyl (C=O) groups excluding carboxylic acids is 1. The summed E-state index contributed by atoms with van der Waals surface area (Å²) in [5.41, 5.74) is 2.06. The highest BCUT2D eigenvalue weighted by Crippen LogP contribution is 2.28. The SMILES string of the molecule is Cc1ccc(C(=O)c2snnc2C(C)(C)C)cc1Cl. The van der Waals surface area contributed by atoms with Gasteiger partial charge in [-0.1, -0.05) is 49.0 Å². The Kier molecular flexibility index (Phi) is 3.74. The highest BCUT2D eigenvalue weighted by molar-refractivity contribution is 7.08. The van der Waals surface area contributed by atoms with Gasteiger partial charge in [0.1, 0.15) is 4.88 Å². The summed E-state index contributed by atoms with van der Waals surface area (Å²) in [5.74, 6) is -0.0678. The first kappa shape index (κ1) is 14.2. The average Bonchev–Trinajstić information content (AvgIpc) is 2.80. The third-order valence-corrected chi connectivity index (χ3v) is 3.97. The number of hydrogen-bond acceptors (Lipinski definition) is 4. The molecule has 0 spiro atoms. The summed E-state index contributed by atoms with van der Waals surface area (Å²) in [6.07, 6.45) is 0. The minimum absolute atomic E-state index is 0.0678. The number of ketones is 1. The number of hydrogen-bond donors (Lipinski definition) is 0. The molecule has 0 aliphatic heterocycles. The highest BCUT2D eigenvalue weighted by Gasteiger charge is 2.27. The zero-order valence-corrected chi connectivity index (χ0v) is 12.9. The van der Waals surface area contributed by atoms with Gasteiger partial charge in [0.05, 0.1) is 5.69 Å². The molecule has 100 valence electrons. The Labute approximate surface area is 121 Å². The van der Waals surface area contributed by atoms with Gasteiger partial charge in [-0.25, -0.2) is 0 Å². The molecule has 0 saturated heterocycles. The van der Waals surface area contributed by atoms with Gasteiger partial charge in [0.15, 0.2) is 0 Å². The lowest BCUT2D eigenvalue weighted by Gasteiger charge is -2.16. The minimum Gasteiger partial charge on any atom is -0.288 e.